The van der Waals surface area contributed by atoms with Crippen molar-refractivity contribution in [3.63, 3.8) is 0 Å². The number of carbonyl (C=O) groups is 1. The van der Waals surface area contributed by atoms with Gasteiger partial charge in [0.15, 0.2) is 5.43 Å². The summed E-state index contributed by atoms with van der Waals surface area (Å²) < 4.78 is 11.5. The van der Waals surface area contributed by atoms with Gasteiger partial charge < -0.3 is 19.0 Å². The quantitative estimate of drug-likeness (QED) is 0.532. The predicted octanol–water partition coefficient (Wildman–Crippen LogP) is 3.09. The lowest BCUT2D eigenvalue weighted by molar-refractivity contribution is -0.858. The molecule has 0 radical (unpaired) electrons. The first-order chi connectivity index (χ1) is 15.4. The molecule has 4 rings (SSSR count). The summed E-state index contributed by atoms with van der Waals surface area (Å²) in [7, 11) is 4.14. The number of rotatable bonds is 8. The second kappa shape index (κ2) is 9.18. The molecule has 0 bridgehead atoms. The lowest BCUT2D eigenvalue weighted by Crippen LogP contribution is -3.05. The average molecular weight is 454 g/mol. The Labute approximate surface area is 191 Å². The van der Waals surface area contributed by atoms with E-state index < -0.39 is 6.04 Å². The summed E-state index contributed by atoms with van der Waals surface area (Å²) in [5, 5.41) is 0.819. The number of fused-ring (bicyclic) bond motifs is 2. The lowest BCUT2D eigenvalue weighted by atomic mass is 9.98. The Kier molecular flexibility index (Phi) is 6.35. The van der Waals surface area contributed by atoms with Gasteiger partial charge in [-0.3, -0.25) is 9.59 Å². The molecule has 1 atom stereocenters. The highest BCUT2D eigenvalue weighted by Crippen LogP contribution is 2.38. The molecule has 0 spiro atoms. The van der Waals surface area contributed by atoms with E-state index in [2.05, 4.69) is 20.7 Å². The second-order valence-corrected chi connectivity index (χ2v) is 8.63. The smallest absolute Gasteiger partial charge is 0.290 e. The van der Waals surface area contributed by atoms with Gasteiger partial charge in [0.2, 0.25) is 5.76 Å². The van der Waals surface area contributed by atoms with Crippen LogP contribution in [0.5, 0.6) is 5.75 Å². The third-order valence-corrected chi connectivity index (χ3v) is 5.80. The average Bonchev–Trinajstić information content (AvgIpc) is 3.05. The van der Waals surface area contributed by atoms with Crippen LogP contribution in [0.1, 0.15) is 34.1 Å². The van der Waals surface area contributed by atoms with Gasteiger partial charge in [0.1, 0.15) is 17.9 Å². The molecule has 1 aromatic heterocycles. The van der Waals surface area contributed by atoms with E-state index in [4.69, 9.17) is 20.8 Å². The maximum Gasteiger partial charge on any atom is 0.290 e. The molecule has 7 heteroatoms. The van der Waals surface area contributed by atoms with E-state index in [1.807, 2.05) is 24.3 Å². The topological polar surface area (TPSA) is 64.2 Å². The van der Waals surface area contributed by atoms with Gasteiger partial charge >= 0.3 is 0 Å². The van der Waals surface area contributed by atoms with Crippen molar-refractivity contribution in [1.82, 2.24) is 4.90 Å². The summed E-state index contributed by atoms with van der Waals surface area (Å²) in [5.41, 5.74) is 1.32. The van der Waals surface area contributed by atoms with Crippen LogP contribution >= 0.6 is 11.6 Å². The van der Waals surface area contributed by atoms with Gasteiger partial charge in [-0.2, -0.15) is 0 Å². The number of nitrogens with zero attached hydrogens (tertiary/aromatic N) is 1. The molecule has 1 aliphatic rings. The zero-order valence-electron chi connectivity index (χ0n) is 18.2. The normalized spacial score (nSPS) is 15.4. The zero-order valence-corrected chi connectivity index (χ0v) is 18.9. The monoisotopic (exact) mass is 453 g/mol. The number of hydrogen-bond acceptors (Lipinski definition) is 4. The molecule has 0 unspecified atom stereocenters. The molecule has 3 aromatic rings. The fourth-order valence-electron chi connectivity index (χ4n) is 4.07. The van der Waals surface area contributed by atoms with Crippen molar-refractivity contribution in [2.45, 2.75) is 12.5 Å². The Hall–Kier alpha value is -3.09. The molecule has 0 fully saturated rings. The maximum absolute atomic E-state index is 13.5. The minimum absolute atomic E-state index is 0.110. The van der Waals surface area contributed by atoms with E-state index in [-0.39, 0.29) is 17.1 Å². The van der Waals surface area contributed by atoms with Gasteiger partial charge in [-0.1, -0.05) is 36.4 Å². The molecule has 2 aromatic carbocycles. The van der Waals surface area contributed by atoms with Gasteiger partial charge in [0, 0.05) is 18.0 Å². The van der Waals surface area contributed by atoms with Crippen molar-refractivity contribution in [1.29, 1.82) is 0 Å². The Balaban J connectivity index is 1.81. The number of amides is 1. The van der Waals surface area contributed by atoms with Crippen molar-refractivity contribution in [2.75, 3.05) is 33.8 Å². The van der Waals surface area contributed by atoms with E-state index in [0.29, 0.717) is 40.5 Å². The van der Waals surface area contributed by atoms with Crippen LogP contribution in [0.25, 0.3) is 11.0 Å². The van der Waals surface area contributed by atoms with E-state index in [1.165, 1.54) is 4.90 Å². The fraction of sp³-hybridized carbons (Fsp3) is 0.280. The summed E-state index contributed by atoms with van der Waals surface area (Å²) >= 11 is 6.13. The minimum atomic E-state index is -0.525. The van der Waals surface area contributed by atoms with Crippen molar-refractivity contribution >= 4 is 28.5 Å². The zero-order chi connectivity index (χ0) is 22.8. The van der Waals surface area contributed by atoms with Crippen LogP contribution in [0.4, 0.5) is 0 Å². The van der Waals surface area contributed by atoms with Crippen molar-refractivity contribution in [2.24, 2.45) is 0 Å². The van der Waals surface area contributed by atoms with Crippen LogP contribution < -0.4 is 15.1 Å². The highest BCUT2D eigenvalue weighted by molar-refractivity contribution is 6.31. The van der Waals surface area contributed by atoms with Crippen LogP contribution in [0.3, 0.4) is 0 Å². The Morgan fingerprint density at radius 3 is 2.62 bits per heavy atom. The summed E-state index contributed by atoms with van der Waals surface area (Å²) in [5.74, 6) is 0.539. The van der Waals surface area contributed by atoms with Crippen molar-refractivity contribution < 1.29 is 18.8 Å². The number of hydrogen-bond donors (Lipinski definition) is 1. The van der Waals surface area contributed by atoms with Crippen LogP contribution in [0, 0.1) is 0 Å². The largest absolute Gasteiger partial charge is 0.490 e. The van der Waals surface area contributed by atoms with E-state index in [0.717, 1.165) is 18.5 Å². The second-order valence-electron chi connectivity index (χ2n) is 8.19. The highest BCUT2D eigenvalue weighted by Gasteiger charge is 2.42. The minimum Gasteiger partial charge on any atom is -0.490 e. The first-order valence-electron chi connectivity index (χ1n) is 10.6. The standard InChI is InChI=1S/C25H25ClN2O4/c1-4-14-31-18-9-6-16(7-10-18)22-21-23(29)19-15-17(26)8-11-20(19)32-24(21)25(30)28(22)13-5-12-27(2)3/h4,6-11,15,22H,1,5,12-14H2,2-3H3/p+1/t22-/m0/s1. The van der Waals surface area contributed by atoms with E-state index >= 15 is 0 Å². The van der Waals surface area contributed by atoms with Crippen molar-refractivity contribution in [3.8, 4) is 5.75 Å². The summed E-state index contributed by atoms with van der Waals surface area (Å²) in [6, 6.07) is 11.8. The molecule has 6 nitrogen and oxygen atoms in total. The lowest BCUT2D eigenvalue weighted by Gasteiger charge is -2.25. The number of quaternary nitrogens is 1. The summed E-state index contributed by atoms with van der Waals surface area (Å²) in [4.78, 5) is 29.9. The third-order valence-electron chi connectivity index (χ3n) is 5.57. The fourth-order valence-corrected chi connectivity index (χ4v) is 4.25. The van der Waals surface area contributed by atoms with Crippen LogP contribution in [0.15, 0.2) is 64.3 Å². The Morgan fingerprint density at radius 2 is 1.94 bits per heavy atom. The number of benzene rings is 2. The van der Waals surface area contributed by atoms with Crippen LogP contribution in [-0.4, -0.2) is 44.6 Å². The van der Waals surface area contributed by atoms with E-state index in [1.54, 1.807) is 29.2 Å². The van der Waals surface area contributed by atoms with Crippen LogP contribution in [-0.2, 0) is 0 Å². The van der Waals surface area contributed by atoms with Crippen LogP contribution in [0.2, 0.25) is 5.02 Å². The molecule has 32 heavy (non-hydrogen) atoms. The molecule has 1 amide bonds. The number of ether oxygens (including phenoxy) is 1. The predicted molar refractivity (Wildman–Crippen MR) is 125 cm³/mol. The van der Waals surface area contributed by atoms with Crippen molar-refractivity contribution in [3.05, 3.63) is 87.3 Å². The molecule has 0 aliphatic carbocycles. The SMILES string of the molecule is C=CCOc1ccc([C@H]2c3c(oc4ccc(Cl)cc4c3=O)C(=O)N2CCC[NH+](C)C)cc1. The number of carbonyl (C=O) groups excluding carboxylic acids is 1. The van der Waals surface area contributed by atoms with Gasteiger partial charge in [0.05, 0.1) is 37.6 Å². The molecular formula is C25H26ClN2O4+. The Morgan fingerprint density at radius 1 is 1.19 bits per heavy atom. The molecule has 2 heterocycles. The first-order valence-corrected chi connectivity index (χ1v) is 11.0. The van der Waals surface area contributed by atoms with Gasteiger partial charge in [-0.25, -0.2) is 0 Å². The molecule has 0 saturated carbocycles. The van der Waals surface area contributed by atoms with Gasteiger partial charge in [0.25, 0.3) is 5.91 Å². The van der Waals surface area contributed by atoms with Gasteiger partial charge in [-0.05, 0) is 35.9 Å². The van der Waals surface area contributed by atoms with Gasteiger partial charge in [-0.15, -0.1) is 0 Å². The molecule has 1 aliphatic heterocycles. The van der Waals surface area contributed by atoms with E-state index in [9.17, 15) is 9.59 Å². The summed E-state index contributed by atoms with van der Waals surface area (Å²) in [6.45, 7) is 5.48. The molecule has 0 saturated heterocycles. The third kappa shape index (κ3) is 4.16. The highest BCUT2D eigenvalue weighted by atomic mass is 35.5. The molecular weight excluding hydrogens is 428 g/mol. The summed E-state index contributed by atoms with van der Waals surface area (Å²) in [6.07, 6.45) is 2.48. The molecule has 1 N–H and O–H groups in total. The number of halogens is 1. The first kappa shape index (κ1) is 22.1. The maximum atomic E-state index is 13.5. The molecule has 166 valence electrons. The Bertz CT molecular complexity index is 1220. The number of nitrogens with one attached hydrogen (secondary N) is 1.